The molecule has 0 saturated carbocycles. The predicted octanol–water partition coefficient (Wildman–Crippen LogP) is 5.39. The number of hydrogen-bond donors (Lipinski definition) is 2. The number of carbonyl (C=O) groups excluding carboxylic acids is 1. The van der Waals surface area contributed by atoms with E-state index in [0.29, 0.717) is 23.5 Å². The van der Waals surface area contributed by atoms with Crippen molar-refractivity contribution in [2.45, 2.75) is 39.0 Å². The van der Waals surface area contributed by atoms with Gasteiger partial charge in [-0.3, -0.25) is 4.79 Å². The van der Waals surface area contributed by atoms with Crippen molar-refractivity contribution >= 4 is 33.9 Å². The van der Waals surface area contributed by atoms with E-state index in [4.69, 9.17) is 17.3 Å². The van der Waals surface area contributed by atoms with Gasteiger partial charge in [-0.15, -0.1) is 10.2 Å². The Kier molecular flexibility index (Phi) is 5.80. The van der Waals surface area contributed by atoms with Crippen molar-refractivity contribution < 1.29 is 9.90 Å². The van der Waals surface area contributed by atoms with E-state index in [1.54, 1.807) is 18.2 Å². The lowest BCUT2D eigenvalue weighted by molar-refractivity contribution is -0.111. The predicted molar refractivity (Wildman–Crippen MR) is 101 cm³/mol. The second kappa shape index (κ2) is 7.66. The molecule has 0 bridgehead atoms. The van der Waals surface area contributed by atoms with Gasteiger partial charge in [0.2, 0.25) is 5.24 Å². The van der Waals surface area contributed by atoms with Crippen molar-refractivity contribution in [1.82, 2.24) is 0 Å². The topological polar surface area (TPSA) is 88.0 Å². The molecule has 3 N–H and O–H groups in total. The van der Waals surface area contributed by atoms with Gasteiger partial charge < -0.3 is 10.8 Å². The SMILES string of the molecule is CC(C)(C)c1cc(CCC(=O)Cl)cc(N=Nc2ccccc2N)c1O. The number of nitrogen functional groups attached to an aromatic ring is 1. The second-order valence-corrected chi connectivity index (χ2v) is 7.30. The molecule has 0 fully saturated rings. The van der Waals surface area contributed by atoms with Crippen molar-refractivity contribution in [2.24, 2.45) is 10.2 Å². The molecule has 0 unspecified atom stereocenters. The summed E-state index contributed by atoms with van der Waals surface area (Å²) in [6, 6.07) is 10.7. The van der Waals surface area contributed by atoms with E-state index in [9.17, 15) is 9.90 Å². The first-order valence-electron chi connectivity index (χ1n) is 7.99. The van der Waals surface area contributed by atoms with Gasteiger partial charge in [0, 0.05) is 12.0 Å². The molecule has 0 aromatic heterocycles. The first-order chi connectivity index (χ1) is 11.7. The molecule has 5 nitrogen and oxygen atoms in total. The first-order valence-corrected chi connectivity index (χ1v) is 8.37. The zero-order chi connectivity index (χ0) is 18.6. The van der Waals surface area contributed by atoms with Crippen LogP contribution >= 0.6 is 11.6 Å². The van der Waals surface area contributed by atoms with Crippen molar-refractivity contribution in [1.29, 1.82) is 0 Å². The normalized spacial score (nSPS) is 11.8. The monoisotopic (exact) mass is 359 g/mol. The van der Waals surface area contributed by atoms with Gasteiger partial charge in [-0.2, -0.15) is 0 Å². The number of rotatable bonds is 5. The summed E-state index contributed by atoms with van der Waals surface area (Å²) < 4.78 is 0. The van der Waals surface area contributed by atoms with E-state index >= 15 is 0 Å². The molecule has 25 heavy (non-hydrogen) atoms. The van der Waals surface area contributed by atoms with Gasteiger partial charge in [-0.25, -0.2) is 0 Å². The summed E-state index contributed by atoms with van der Waals surface area (Å²) in [5.74, 6) is 0.0757. The van der Waals surface area contributed by atoms with Crippen LogP contribution in [0.3, 0.4) is 0 Å². The van der Waals surface area contributed by atoms with Gasteiger partial charge >= 0.3 is 0 Å². The molecule has 2 aromatic carbocycles. The van der Waals surface area contributed by atoms with Crippen molar-refractivity contribution in [3.05, 3.63) is 47.5 Å². The zero-order valence-corrected chi connectivity index (χ0v) is 15.3. The molecule has 0 heterocycles. The third-order valence-corrected chi connectivity index (χ3v) is 3.96. The van der Waals surface area contributed by atoms with Crippen LogP contribution in [0.4, 0.5) is 17.1 Å². The van der Waals surface area contributed by atoms with E-state index < -0.39 is 5.24 Å². The summed E-state index contributed by atoms with van der Waals surface area (Å²) in [6.45, 7) is 5.98. The average Bonchev–Trinajstić information content (AvgIpc) is 2.52. The number of phenolic OH excluding ortho intramolecular Hbond substituents is 1. The van der Waals surface area contributed by atoms with Gasteiger partial charge in [0.15, 0.2) is 0 Å². The number of nitrogens with two attached hydrogens (primary N) is 1. The number of benzene rings is 2. The van der Waals surface area contributed by atoms with E-state index in [1.165, 1.54) is 0 Å². The fourth-order valence-electron chi connectivity index (χ4n) is 2.40. The quantitative estimate of drug-likeness (QED) is 0.426. The van der Waals surface area contributed by atoms with Crippen LogP contribution in [0.1, 0.15) is 38.3 Å². The number of nitrogens with zero attached hydrogens (tertiary/aromatic N) is 2. The number of para-hydroxylation sites is 1. The van der Waals surface area contributed by atoms with Crippen LogP contribution in [0.2, 0.25) is 0 Å². The van der Waals surface area contributed by atoms with Crippen LogP contribution in [0.15, 0.2) is 46.6 Å². The van der Waals surface area contributed by atoms with Crippen molar-refractivity contribution in [3.8, 4) is 5.75 Å². The van der Waals surface area contributed by atoms with Gasteiger partial charge in [-0.1, -0.05) is 39.0 Å². The Bertz CT molecular complexity index is 811. The van der Waals surface area contributed by atoms with Crippen LogP contribution < -0.4 is 5.73 Å². The number of aromatic hydroxyl groups is 1. The zero-order valence-electron chi connectivity index (χ0n) is 14.6. The fourth-order valence-corrected chi connectivity index (χ4v) is 2.49. The molecule has 6 heteroatoms. The molecule has 0 aliphatic carbocycles. The highest BCUT2D eigenvalue weighted by Gasteiger charge is 2.21. The summed E-state index contributed by atoms with van der Waals surface area (Å²) in [5, 5.41) is 18.5. The molecule has 0 aliphatic rings. The Labute approximate surface area is 152 Å². The van der Waals surface area contributed by atoms with Gasteiger partial charge in [-0.05, 0) is 47.2 Å². The number of anilines is 1. The smallest absolute Gasteiger partial charge is 0.221 e. The third kappa shape index (κ3) is 5.03. The second-order valence-electron chi connectivity index (χ2n) is 6.88. The number of hydrogen-bond acceptors (Lipinski definition) is 5. The number of halogens is 1. The average molecular weight is 360 g/mol. The minimum absolute atomic E-state index is 0.0757. The standard InChI is InChI=1S/C19H22ClN3O2/c1-19(2,3)13-10-12(8-9-17(20)24)11-16(18(13)25)23-22-15-7-5-4-6-14(15)21/h4-7,10-11,25H,8-9,21H2,1-3H3. The van der Waals surface area contributed by atoms with Crippen molar-refractivity contribution in [3.63, 3.8) is 0 Å². The summed E-state index contributed by atoms with van der Waals surface area (Å²) in [7, 11) is 0. The summed E-state index contributed by atoms with van der Waals surface area (Å²) >= 11 is 5.44. The maximum absolute atomic E-state index is 11.1. The summed E-state index contributed by atoms with van der Waals surface area (Å²) in [4.78, 5) is 11.1. The largest absolute Gasteiger partial charge is 0.505 e. The number of carbonyl (C=O) groups is 1. The lowest BCUT2D eigenvalue weighted by atomic mass is 9.84. The molecular formula is C19H22ClN3O2. The third-order valence-electron chi connectivity index (χ3n) is 3.77. The van der Waals surface area contributed by atoms with E-state index in [1.807, 2.05) is 39.0 Å². The molecular weight excluding hydrogens is 338 g/mol. The summed E-state index contributed by atoms with van der Waals surface area (Å²) in [5.41, 5.74) is 8.55. The number of azo groups is 1. The Balaban J connectivity index is 2.46. The van der Waals surface area contributed by atoms with Gasteiger partial charge in [0.05, 0.1) is 5.69 Å². The van der Waals surface area contributed by atoms with Crippen LogP contribution in [0.25, 0.3) is 0 Å². The van der Waals surface area contributed by atoms with E-state index in [0.717, 1.165) is 11.1 Å². The molecule has 0 amide bonds. The molecule has 0 atom stereocenters. The first kappa shape index (κ1) is 18.9. The molecule has 132 valence electrons. The Morgan fingerprint density at radius 1 is 1.16 bits per heavy atom. The van der Waals surface area contributed by atoms with Crippen LogP contribution in [-0.4, -0.2) is 10.3 Å². The Morgan fingerprint density at radius 3 is 2.40 bits per heavy atom. The van der Waals surface area contributed by atoms with E-state index in [2.05, 4.69) is 10.2 Å². The lowest BCUT2D eigenvalue weighted by Gasteiger charge is -2.22. The molecule has 0 aliphatic heterocycles. The maximum atomic E-state index is 11.1. The molecule has 2 rings (SSSR count). The van der Waals surface area contributed by atoms with Crippen molar-refractivity contribution in [2.75, 3.05) is 5.73 Å². The summed E-state index contributed by atoms with van der Waals surface area (Å²) in [6.07, 6.45) is 0.694. The van der Waals surface area contributed by atoms with Crippen LogP contribution in [0.5, 0.6) is 5.75 Å². The Morgan fingerprint density at radius 2 is 1.80 bits per heavy atom. The fraction of sp³-hybridized carbons (Fsp3) is 0.316. The minimum Gasteiger partial charge on any atom is -0.505 e. The highest BCUT2D eigenvalue weighted by Crippen LogP contribution is 2.40. The number of phenols is 1. The van der Waals surface area contributed by atoms with Gasteiger partial charge in [0.1, 0.15) is 17.1 Å². The minimum atomic E-state index is -0.398. The van der Waals surface area contributed by atoms with Crippen LogP contribution in [-0.2, 0) is 16.6 Å². The molecule has 0 saturated heterocycles. The highest BCUT2D eigenvalue weighted by atomic mass is 35.5. The lowest BCUT2D eigenvalue weighted by Crippen LogP contribution is -2.12. The van der Waals surface area contributed by atoms with E-state index in [-0.39, 0.29) is 17.6 Å². The van der Waals surface area contributed by atoms with Gasteiger partial charge in [0.25, 0.3) is 0 Å². The van der Waals surface area contributed by atoms with Crippen LogP contribution in [0, 0.1) is 0 Å². The number of aryl methyl sites for hydroxylation is 1. The molecule has 2 aromatic rings. The molecule has 0 radical (unpaired) electrons. The molecule has 0 spiro atoms. The highest BCUT2D eigenvalue weighted by molar-refractivity contribution is 6.63. The Hall–Kier alpha value is -2.40. The maximum Gasteiger partial charge on any atom is 0.221 e.